The summed E-state index contributed by atoms with van der Waals surface area (Å²) in [5.74, 6) is 1.59. The van der Waals surface area contributed by atoms with E-state index in [2.05, 4.69) is 0 Å². The molecule has 3 nitrogen and oxygen atoms in total. The summed E-state index contributed by atoms with van der Waals surface area (Å²) in [6.45, 7) is 3.95. The lowest BCUT2D eigenvalue weighted by Gasteiger charge is -2.14. The highest BCUT2D eigenvalue weighted by atomic mass is 16.5. The van der Waals surface area contributed by atoms with Gasteiger partial charge in [0.1, 0.15) is 0 Å². The van der Waals surface area contributed by atoms with E-state index in [1.165, 1.54) is 0 Å². The van der Waals surface area contributed by atoms with Crippen molar-refractivity contribution in [2.75, 3.05) is 7.11 Å². The monoisotopic (exact) mass is 298 g/mol. The molecule has 2 aromatic carbocycles. The van der Waals surface area contributed by atoms with Gasteiger partial charge in [0, 0.05) is 12.0 Å². The summed E-state index contributed by atoms with van der Waals surface area (Å²) >= 11 is 0. The van der Waals surface area contributed by atoms with Crippen molar-refractivity contribution in [3.63, 3.8) is 0 Å². The third-order valence-electron chi connectivity index (χ3n) is 3.33. The molecule has 0 unspecified atom stereocenters. The van der Waals surface area contributed by atoms with E-state index >= 15 is 0 Å². The average molecular weight is 298 g/mol. The maximum Gasteiger partial charge on any atom is 0.163 e. The quantitative estimate of drug-likeness (QED) is 0.715. The summed E-state index contributed by atoms with van der Waals surface area (Å²) in [5.41, 5.74) is 1.83. The number of rotatable bonds is 7. The number of benzene rings is 2. The lowest BCUT2D eigenvalue weighted by molar-refractivity contribution is 0.0982. The maximum absolute atomic E-state index is 12.1. The first-order valence-corrected chi connectivity index (χ1v) is 7.52. The number of carbonyl (C=O) groups is 1. The number of hydrogen-bond donors (Lipinski definition) is 0. The summed E-state index contributed by atoms with van der Waals surface area (Å²) in [6, 6.07) is 15.2. The number of carbonyl (C=O) groups excluding carboxylic acids is 1. The van der Waals surface area contributed by atoms with Gasteiger partial charge in [0.05, 0.1) is 13.2 Å². The fraction of sp³-hybridized carbons (Fsp3) is 0.316. The van der Waals surface area contributed by atoms with Crippen LogP contribution in [0.25, 0.3) is 0 Å². The second kappa shape index (κ2) is 7.64. The van der Waals surface area contributed by atoms with Gasteiger partial charge in [-0.05, 0) is 38.0 Å². The number of methoxy groups -OCH3 is 1. The van der Waals surface area contributed by atoms with Crippen LogP contribution in [0.1, 0.15) is 36.2 Å². The first-order valence-electron chi connectivity index (χ1n) is 7.52. The molecule has 0 aliphatic carbocycles. The molecule has 0 fully saturated rings. The Morgan fingerprint density at radius 1 is 1.05 bits per heavy atom. The molecule has 0 aliphatic rings. The molecule has 0 spiro atoms. The molecule has 2 rings (SSSR count). The zero-order valence-corrected chi connectivity index (χ0v) is 13.3. The van der Waals surface area contributed by atoms with E-state index in [0.29, 0.717) is 18.6 Å². The molecule has 0 radical (unpaired) electrons. The molecule has 0 aliphatic heterocycles. The van der Waals surface area contributed by atoms with Crippen molar-refractivity contribution in [3.05, 3.63) is 59.7 Å². The van der Waals surface area contributed by atoms with Gasteiger partial charge < -0.3 is 9.47 Å². The SMILES string of the molecule is COc1ccc(CCC(=O)c2ccccc2)cc1OC(C)C. The van der Waals surface area contributed by atoms with Crippen LogP contribution in [0.2, 0.25) is 0 Å². The Morgan fingerprint density at radius 3 is 2.41 bits per heavy atom. The topological polar surface area (TPSA) is 35.5 Å². The smallest absolute Gasteiger partial charge is 0.163 e. The standard InChI is InChI=1S/C19H22O3/c1-14(2)22-19-13-15(10-12-18(19)21-3)9-11-17(20)16-7-5-4-6-8-16/h4-8,10,12-14H,9,11H2,1-3H3. The van der Waals surface area contributed by atoms with Crippen LogP contribution in [0.15, 0.2) is 48.5 Å². The van der Waals surface area contributed by atoms with Crippen LogP contribution in [0, 0.1) is 0 Å². The molecule has 22 heavy (non-hydrogen) atoms. The fourth-order valence-electron chi connectivity index (χ4n) is 2.25. The van der Waals surface area contributed by atoms with Crippen LogP contribution in [0.3, 0.4) is 0 Å². The molecule has 0 saturated heterocycles. The zero-order chi connectivity index (χ0) is 15.9. The van der Waals surface area contributed by atoms with Crippen LogP contribution < -0.4 is 9.47 Å². The molecule has 0 N–H and O–H groups in total. The van der Waals surface area contributed by atoms with Crippen molar-refractivity contribution in [2.45, 2.75) is 32.8 Å². The highest BCUT2D eigenvalue weighted by Gasteiger charge is 2.10. The molecule has 116 valence electrons. The van der Waals surface area contributed by atoms with Crippen LogP contribution in [-0.4, -0.2) is 19.0 Å². The van der Waals surface area contributed by atoms with E-state index in [9.17, 15) is 4.79 Å². The average Bonchev–Trinajstić information content (AvgIpc) is 2.53. The van der Waals surface area contributed by atoms with E-state index in [1.54, 1.807) is 7.11 Å². The van der Waals surface area contributed by atoms with Crippen molar-refractivity contribution in [1.29, 1.82) is 0 Å². The van der Waals surface area contributed by atoms with E-state index < -0.39 is 0 Å². The van der Waals surface area contributed by atoms with Crippen LogP contribution in [-0.2, 0) is 6.42 Å². The van der Waals surface area contributed by atoms with Gasteiger partial charge in [-0.1, -0.05) is 36.4 Å². The Morgan fingerprint density at radius 2 is 1.77 bits per heavy atom. The molecule has 0 saturated carbocycles. The van der Waals surface area contributed by atoms with Gasteiger partial charge in [0.15, 0.2) is 17.3 Å². The lowest BCUT2D eigenvalue weighted by atomic mass is 10.0. The maximum atomic E-state index is 12.1. The van der Waals surface area contributed by atoms with Crippen molar-refractivity contribution in [1.82, 2.24) is 0 Å². The summed E-state index contributed by atoms with van der Waals surface area (Å²) in [4.78, 5) is 12.1. The number of ketones is 1. The first-order chi connectivity index (χ1) is 10.6. The largest absolute Gasteiger partial charge is 0.493 e. The van der Waals surface area contributed by atoms with Gasteiger partial charge >= 0.3 is 0 Å². The predicted molar refractivity (Wildman–Crippen MR) is 87.9 cm³/mol. The molecule has 0 heterocycles. The summed E-state index contributed by atoms with van der Waals surface area (Å²) in [5, 5.41) is 0. The van der Waals surface area contributed by atoms with Gasteiger partial charge in [0.25, 0.3) is 0 Å². The normalized spacial score (nSPS) is 10.5. The van der Waals surface area contributed by atoms with Gasteiger partial charge in [0.2, 0.25) is 0 Å². The minimum absolute atomic E-state index is 0.0788. The zero-order valence-electron chi connectivity index (χ0n) is 13.3. The van der Waals surface area contributed by atoms with Crippen molar-refractivity contribution >= 4 is 5.78 Å². The molecule has 0 amide bonds. The molecular formula is C19H22O3. The summed E-state index contributed by atoms with van der Waals surface area (Å²) < 4.78 is 11.1. The van der Waals surface area contributed by atoms with Crippen molar-refractivity contribution in [3.8, 4) is 11.5 Å². The lowest BCUT2D eigenvalue weighted by Crippen LogP contribution is -2.07. The van der Waals surface area contributed by atoms with Gasteiger partial charge in [-0.15, -0.1) is 0 Å². The van der Waals surface area contributed by atoms with Crippen LogP contribution in [0.4, 0.5) is 0 Å². The summed E-state index contributed by atoms with van der Waals surface area (Å²) in [6.07, 6.45) is 1.25. The second-order valence-electron chi connectivity index (χ2n) is 5.44. The number of aryl methyl sites for hydroxylation is 1. The molecule has 0 aromatic heterocycles. The number of hydrogen-bond acceptors (Lipinski definition) is 3. The van der Waals surface area contributed by atoms with Crippen LogP contribution >= 0.6 is 0 Å². The molecule has 0 bridgehead atoms. The molecule has 0 atom stereocenters. The van der Waals surface area contributed by atoms with E-state index in [1.807, 2.05) is 62.4 Å². The Labute approximate surface area is 131 Å². The van der Waals surface area contributed by atoms with Crippen molar-refractivity contribution < 1.29 is 14.3 Å². The molecule has 3 heteroatoms. The Balaban J connectivity index is 2.05. The fourth-order valence-corrected chi connectivity index (χ4v) is 2.25. The molecule has 2 aromatic rings. The highest BCUT2D eigenvalue weighted by Crippen LogP contribution is 2.29. The van der Waals surface area contributed by atoms with E-state index in [4.69, 9.17) is 9.47 Å². The van der Waals surface area contributed by atoms with Gasteiger partial charge in [-0.2, -0.15) is 0 Å². The second-order valence-corrected chi connectivity index (χ2v) is 5.44. The van der Waals surface area contributed by atoms with Crippen LogP contribution in [0.5, 0.6) is 11.5 Å². The minimum atomic E-state index is 0.0788. The summed E-state index contributed by atoms with van der Waals surface area (Å²) in [7, 11) is 1.63. The third-order valence-corrected chi connectivity index (χ3v) is 3.33. The Kier molecular flexibility index (Phi) is 5.59. The first kappa shape index (κ1) is 16.1. The van der Waals surface area contributed by atoms with E-state index in [0.717, 1.165) is 16.9 Å². The van der Waals surface area contributed by atoms with E-state index in [-0.39, 0.29) is 11.9 Å². The predicted octanol–water partition coefficient (Wildman–Crippen LogP) is 4.30. The number of Topliss-reactive ketones (excluding diaryl/α,β-unsaturated/α-hetero) is 1. The van der Waals surface area contributed by atoms with Crippen molar-refractivity contribution in [2.24, 2.45) is 0 Å². The highest BCUT2D eigenvalue weighted by molar-refractivity contribution is 5.96. The molecular weight excluding hydrogens is 276 g/mol. The minimum Gasteiger partial charge on any atom is -0.493 e. The Bertz CT molecular complexity index is 618. The third kappa shape index (κ3) is 4.35. The van der Waals surface area contributed by atoms with Gasteiger partial charge in [-0.3, -0.25) is 4.79 Å². The number of ether oxygens (including phenoxy) is 2. The van der Waals surface area contributed by atoms with Gasteiger partial charge in [-0.25, -0.2) is 0 Å². The Hall–Kier alpha value is -2.29.